The quantitative estimate of drug-likeness (QED) is 0.796. The number of ether oxygens (including phenoxy) is 2. The first-order chi connectivity index (χ1) is 12.5. The maximum absolute atomic E-state index is 12.4. The molecule has 7 nitrogen and oxygen atoms in total. The van der Waals surface area contributed by atoms with Crippen molar-refractivity contribution in [2.75, 3.05) is 33.4 Å². The minimum Gasteiger partial charge on any atom is -0.489 e. The molecule has 0 radical (unpaired) electrons. The second-order valence-corrected chi connectivity index (χ2v) is 7.52. The fraction of sp³-hybridized carbons (Fsp3) is 0.556. The number of likely N-dealkylation sites (N-methyl/N-ethyl adjacent to an activating group) is 1. The summed E-state index contributed by atoms with van der Waals surface area (Å²) in [5, 5.41) is 3.43. The smallest absolute Gasteiger partial charge is 0.324 e. The van der Waals surface area contributed by atoms with Crippen molar-refractivity contribution in [2.24, 2.45) is 0 Å². The van der Waals surface area contributed by atoms with Crippen LogP contribution >= 0.6 is 11.6 Å². The molecule has 3 amide bonds. The van der Waals surface area contributed by atoms with Crippen LogP contribution in [0.2, 0.25) is 5.02 Å². The van der Waals surface area contributed by atoms with Crippen LogP contribution in [0.3, 0.4) is 0 Å². The number of nitrogens with one attached hydrogen (secondary N) is 1. The third-order valence-corrected chi connectivity index (χ3v) is 5.62. The highest BCUT2D eigenvalue weighted by atomic mass is 35.5. The van der Waals surface area contributed by atoms with Gasteiger partial charge in [-0.25, -0.2) is 4.79 Å². The predicted molar refractivity (Wildman–Crippen MR) is 95.6 cm³/mol. The van der Waals surface area contributed by atoms with Crippen molar-refractivity contribution in [3.8, 4) is 11.5 Å². The fourth-order valence-corrected chi connectivity index (χ4v) is 4.11. The molecule has 2 fully saturated rings. The van der Waals surface area contributed by atoms with Gasteiger partial charge in [0.05, 0.1) is 18.2 Å². The Morgan fingerprint density at radius 3 is 2.62 bits per heavy atom. The molecule has 4 rings (SSSR count). The largest absolute Gasteiger partial charge is 0.489 e. The van der Waals surface area contributed by atoms with Crippen molar-refractivity contribution in [3.05, 3.63) is 22.7 Å². The van der Waals surface area contributed by atoms with Crippen LogP contribution in [0.5, 0.6) is 11.5 Å². The van der Waals surface area contributed by atoms with E-state index >= 15 is 0 Å². The summed E-state index contributed by atoms with van der Waals surface area (Å²) in [5.74, 6) is 1.19. The molecule has 3 aliphatic rings. The maximum atomic E-state index is 12.4. The van der Waals surface area contributed by atoms with Gasteiger partial charge in [-0.2, -0.15) is 0 Å². The van der Waals surface area contributed by atoms with Gasteiger partial charge < -0.3 is 14.8 Å². The van der Waals surface area contributed by atoms with E-state index in [0.29, 0.717) is 49.1 Å². The first kappa shape index (κ1) is 17.4. The van der Waals surface area contributed by atoms with E-state index in [0.717, 1.165) is 25.1 Å². The molecule has 1 spiro atoms. The minimum atomic E-state index is -0.731. The summed E-state index contributed by atoms with van der Waals surface area (Å²) >= 11 is 6.37. The molecule has 3 heterocycles. The molecule has 1 N–H and O–H groups in total. The van der Waals surface area contributed by atoms with Gasteiger partial charge in [0.1, 0.15) is 5.54 Å². The maximum Gasteiger partial charge on any atom is 0.324 e. The highest BCUT2D eigenvalue weighted by Gasteiger charge is 2.50. The third-order valence-electron chi connectivity index (χ3n) is 5.34. The molecule has 2 saturated heterocycles. The highest BCUT2D eigenvalue weighted by Crippen LogP contribution is 2.38. The minimum absolute atomic E-state index is 0.124. The number of piperidine rings is 1. The normalized spacial score (nSPS) is 22.5. The number of hydrogen-bond acceptors (Lipinski definition) is 5. The Morgan fingerprint density at radius 1 is 1.19 bits per heavy atom. The van der Waals surface area contributed by atoms with E-state index in [1.165, 1.54) is 11.9 Å². The summed E-state index contributed by atoms with van der Waals surface area (Å²) in [4.78, 5) is 27.6. The topological polar surface area (TPSA) is 71.1 Å². The van der Waals surface area contributed by atoms with Crippen LogP contribution < -0.4 is 14.8 Å². The summed E-state index contributed by atoms with van der Waals surface area (Å²) in [6, 6.07) is 3.58. The number of hydrogen-bond donors (Lipinski definition) is 1. The zero-order valence-electron chi connectivity index (χ0n) is 14.7. The molecule has 0 aliphatic carbocycles. The van der Waals surface area contributed by atoms with Gasteiger partial charge in [-0.3, -0.25) is 14.6 Å². The number of benzene rings is 1. The van der Waals surface area contributed by atoms with Crippen LogP contribution in [0.1, 0.15) is 24.8 Å². The van der Waals surface area contributed by atoms with Crippen molar-refractivity contribution in [1.82, 2.24) is 15.1 Å². The lowest BCUT2D eigenvalue weighted by Crippen LogP contribution is -2.54. The lowest BCUT2D eigenvalue weighted by Gasteiger charge is -2.37. The average molecular weight is 380 g/mol. The van der Waals surface area contributed by atoms with E-state index in [9.17, 15) is 9.59 Å². The van der Waals surface area contributed by atoms with Gasteiger partial charge in [-0.1, -0.05) is 11.6 Å². The Balaban J connectivity index is 1.44. The number of imide groups is 1. The number of carbonyl (C=O) groups excluding carboxylic acids is 2. The molecule has 0 unspecified atom stereocenters. The molecule has 140 valence electrons. The van der Waals surface area contributed by atoms with Gasteiger partial charge in [-0.05, 0) is 30.5 Å². The first-order valence-electron chi connectivity index (χ1n) is 8.89. The van der Waals surface area contributed by atoms with Crippen LogP contribution in [-0.4, -0.2) is 60.6 Å². The average Bonchev–Trinajstić information content (AvgIpc) is 2.80. The molecule has 3 aliphatic heterocycles. The Morgan fingerprint density at radius 2 is 1.92 bits per heavy atom. The Bertz CT molecular complexity index is 746. The van der Waals surface area contributed by atoms with Crippen molar-refractivity contribution >= 4 is 23.5 Å². The molecule has 8 heteroatoms. The van der Waals surface area contributed by atoms with Crippen LogP contribution in [0.25, 0.3) is 0 Å². The lowest BCUT2D eigenvalue weighted by molar-refractivity contribution is -0.132. The van der Waals surface area contributed by atoms with Crippen LogP contribution in [0.15, 0.2) is 12.1 Å². The van der Waals surface area contributed by atoms with E-state index in [2.05, 4.69) is 10.2 Å². The van der Waals surface area contributed by atoms with Gasteiger partial charge in [0, 0.05) is 33.1 Å². The summed E-state index contributed by atoms with van der Waals surface area (Å²) in [7, 11) is 1.53. The number of carbonyl (C=O) groups is 2. The molecule has 1 aromatic rings. The highest BCUT2D eigenvalue weighted by molar-refractivity contribution is 6.32. The molecule has 0 bridgehead atoms. The zero-order chi connectivity index (χ0) is 18.3. The number of halogens is 1. The lowest BCUT2D eigenvalue weighted by atomic mass is 9.87. The van der Waals surface area contributed by atoms with Crippen molar-refractivity contribution < 1.29 is 19.1 Å². The Kier molecular flexibility index (Phi) is 4.44. The third kappa shape index (κ3) is 2.99. The first-order valence-corrected chi connectivity index (χ1v) is 9.27. The van der Waals surface area contributed by atoms with E-state index in [4.69, 9.17) is 21.1 Å². The fourth-order valence-electron chi connectivity index (χ4n) is 3.82. The number of fused-ring (bicyclic) bond motifs is 1. The second-order valence-electron chi connectivity index (χ2n) is 7.11. The van der Waals surface area contributed by atoms with Crippen LogP contribution in [-0.2, 0) is 11.3 Å². The van der Waals surface area contributed by atoms with Crippen molar-refractivity contribution in [1.29, 1.82) is 0 Å². The second kappa shape index (κ2) is 6.63. The number of amides is 3. The molecule has 0 aromatic heterocycles. The van der Waals surface area contributed by atoms with E-state index in [1.54, 1.807) is 0 Å². The summed E-state index contributed by atoms with van der Waals surface area (Å²) in [5.41, 5.74) is 0.319. The number of urea groups is 1. The van der Waals surface area contributed by atoms with Crippen LogP contribution in [0, 0.1) is 0 Å². The molecular formula is C18H22ClN3O4. The predicted octanol–water partition coefficient (Wildman–Crippen LogP) is 2.02. The number of likely N-dealkylation sites (tertiary alicyclic amines) is 1. The van der Waals surface area contributed by atoms with E-state index in [-0.39, 0.29) is 11.9 Å². The standard InChI is InChI=1S/C18H22ClN3O4/c1-21-16(23)18(20-17(21)24)3-5-22(6-4-18)11-12-9-13(19)15-14(10-12)25-7-2-8-26-15/h9-10H,2-8,11H2,1H3,(H,20,24). The summed E-state index contributed by atoms with van der Waals surface area (Å²) in [6.07, 6.45) is 2.06. The number of nitrogens with zero attached hydrogens (tertiary/aromatic N) is 2. The Hall–Kier alpha value is -1.99. The van der Waals surface area contributed by atoms with E-state index < -0.39 is 5.54 Å². The van der Waals surface area contributed by atoms with Gasteiger partial charge in [0.2, 0.25) is 0 Å². The zero-order valence-corrected chi connectivity index (χ0v) is 15.5. The van der Waals surface area contributed by atoms with Crippen molar-refractivity contribution in [3.63, 3.8) is 0 Å². The molecule has 0 atom stereocenters. The summed E-state index contributed by atoms with van der Waals surface area (Å²) in [6.45, 7) is 3.39. The van der Waals surface area contributed by atoms with Crippen LogP contribution in [0.4, 0.5) is 4.79 Å². The SMILES string of the molecule is CN1C(=O)NC2(CCN(Cc3cc(Cl)c4c(c3)OCCCO4)CC2)C1=O. The molecular weight excluding hydrogens is 358 g/mol. The van der Waals surface area contributed by atoms with Gasteiger partial charge in [0.25, 0.3) is 5.91 Å². The molecule has 1 aromatic carbocycles. The van der Waals surface area contributed by atoms with Gasteiger partial charge in [0.15, 0.2) is 11.5 Å². The van der Waals surface area contributed by atoms with E-state index in [1.807, 2.05) is 12.1 Å². The Labute approximate surface area is 157 Å². The number of rotatable bonds is 2. The van der Waals surface area contributed by atoms with Crippen molar-refractivity contribution in [2.45, 2.75) is 31.3 Å². The monoisotopic (exact) mass is 379 g/mol. The molecule has 26 heavy (non-hydrogen) atoms. The van der Waals surface area contributed by atoms with Gasteiger partial charge >= 0.3 is 6.03 Å². The molecule has 0 saturated carbocycles. The van der Waals surface area contributed by atoms with Gasteiger partial charge in [-0.15, -0.1) is 0 Å². The summed E-state index contributed by atoms with van der Waals surface area (Å²) < 4.78 is 11.4.